The number of amides is 1. The molecule has 0 aliphatic carbocycles. The van der Waals surface area contributed by atoms with Gasteiger partial charge in [0.2, 0.25) is 5.95 Å². The first kappa shape index (κ1) is 18.8. The molecule has 3 N–H and O–H groups in total. The SMILES string of the molecule is O=C1NC(c2cc(F)ccc2Cl)c2c1ccc1nc(-n3cc(O)c4cc(F)ccc43)[nH]c21. The van der Waals surface area contributed by atoms with Crippen molar-refractivity contribution in [2.45, 2.75) is 6.04 Å². The Balaban J connectivity index is 1.58. The van der Waals surface area contributed by atoms with Crippen molar-refractivity contribution in [2.24, 2.45) is 0 Å². The van der Waals surface area contributed by atoms with Gasteiger partial charge in [-0.05, 0) is 48.5 Å². The van der Waals surface area contributed by atoms with E-state index in [9.17, 15) is 18.7 Å². The van der Waals surface area contributed by atoms with Crippen molar-refractivity contribution in [3.8, 4) is 11.7 Å². The van der Waals surface area contributed by atoms with E-state index in [1.165, 1.54) is 36.5 Å². The minimum Gasteiger partial charge on any atom is -0.506 e. The maximum atomic E-state index is 13.9. The zero-order valence-corrected chi connectivity index (χ0v) is 16.9. The number of halogens is 3. The van der Waals surface area contributed by atoms with E-state index in [1.54, 1.807) is 22.8 Å². The molecule has 0 saturated heterocycles. The Labute approximate surface area is 184 Å². The van der Waals surface area contributed by atoms with Crippen LogP contribution in [0.1, 0.15) is 27.5 Å². The maximum absolute atomic E-state index is 13.9. The number of nitrogens with zero attached hydrogens (tertiary/aromatic N) is 2. The van der Waals surface area contributed by atoms with E-state index >= 15 is 0 Å². The Morgan fingerprint density at radius 2 is 1.84 bits per heavy atom. The smallest absolute Gasteiger partial charge is 0.252 e. The summed E-state index contributed by atoms with van der Waals surface area (Å²) in [6, 6.07) is 10.8. The van der Waals surface area contributed by atoms with Gasteiger partial charge in [0.25, 0.3) is 5.91 Å². The number of hydrogen-bond donors (Lipinski definition) is 3. The van der Waals surface area contributed by atoms with Crippen LogP contribution in [0.15, 0.2) is 54.7 Å². The molecule has 0 radical (unpaired) electrons. The Morgan fingerprint density at radius 1 is 1.06 bits per heavy atom. The van der Waals surface area contributed by atoms with E-state index < -0.39 is 17.7 Å². The quantitative estimate of drug-likeness (QED) is 0.355. The van der Waals surface area contributed by atoms with Gasteiger partial charge < -0.3 is 15.4 Å². The fourth-order valence-corrected chi connectivity index (χ4v) is 4.54. The van der Waals surface area contributed by atoms with Crippen LogP contribution < -0.4 is 5.32 Å². The Bertz CT molecular complexity index is 1590. The van der Waals surface area contributed by atoms with E-state index in [4.69, 9.17) is 11.6 Å². The lowest BCUT2D eigenvalue weighted by molar-refractivity contribution is 0.0960. The Hall–Kier alpha value is -3.91. The summed E-state index contributed by atoms with van der Waals surface area (Å²) in [5, 5.41) is 13.8. The topological polar surface area (TPSA) is 82.9 Å². The number of H-pyrrole nitrogens is 1. The average Bonchev–Trinajstić information content (AvgIpc) is 3.43. The van der Waals surface area contributed by atoms with Crippen molar-refractivity contribution in [3.63, 3.8) is 0 Å². The molecule has 0 saturated carbocycles. The largest absolute Gasteiger partial charge is 0.506 e. The maximum Gasteiger partial charge on any atom is 0.252 e. The van der Waals surface area contributed by atoms with Crippen molar-refractivity contribution < 1.29 is 18.7 Å². The van der Waals surface area contributed by atoms with Gasteiger partial charge in [0.15, 0.2) is 0 Å². The van der Waals surface area contributed by atoms with E-state index in [0.29, 0.717) is 49.6 Å². The second-order valence-corrected chi connectivity index (χ2v) is 8.01. The summed E-state index contributed by atoms with van der Waals surface area (Å²) in [5.41, 5.74) is 3.16. The zero-order chi connectivity index (χ0) is 22.1. The monoisotopic (exact) mass is 450 g/mol. The van der Waals surface area contributed by atoms with Gasteiger partial charge in [0, 0.05) is 27.1 Å². The molecule has 1 atom stereocenters. The summed E-state index contributed by atoms with van der Waals surface area (Å²) in [6.45, 7) is 0. The van der Waals surface area contributed by atoms with Crippen molar-refractivity contribution in [3.05, 3.63) is 88.1 Å². The molecule has 2 aromatic heterocycles. The van der Waals surface area contributed by atoms with Gasteiger partial charge >= 0.3 is 0 Å². The fourth-order valence-electron chi connectivity index (χ4n) is 4.31. The molecule has 3 aromatic carbocycles. The van der Waals surface area contributed by atoms with Gasteiger partial charge in [-0.1, -0.05) is 11.6 Å². The van der Waals surface area contributed by atoms with Gasteiger partial charge in [-0.2, -0.15) is 0 Å². The number of imidazole rings is 1. The van der Waals surface area contributed by atoms with Crippen molar-refractivity contribution in [1.82, 2.24) is 19.9 Å². The van der Waals surface area contributed by atoms with Crippen LogP contribution in [0, 0.1) is 11.6 Å². The average molecular weight is 451 g/mol. The lowest BCUT2D eigenvalue weighted by atomic mass is 9.97. The molecule has 5 aromatic rings. The Morgan fingerprint density at radius 3 is 2.69 bits per heavy atom. The van der Waals surface area contributed by atoms with E-state index in [-0.39, 0.29) is 11.7 Å². The minimum atomic E-state index is -0.665. The number of aromatic amines is 1. The molecular weight excluding hydrogens is 438 g/mol. The van der Waals surface area contributed by atoms with Crippen molar-refractivity contribution in [1.29, 1.82) is 0 Å². The van der Waals surface area contributed by atoms with Crippen LogP contribution in [0.2, 0.25) is 5.02 Å². The van der Waals surface area contributed by atoms with Gasteiger partial charge in [0.1, 0.15) is 17.4 Å². The fraction of sp³-hybridized carbons (Fsp3) is 0.0435. The lowest BCUT2D eigenvalue weighted by Crippen LogP contribution is -2.20. The van der Waals surface area contributed by atoms with Gasteiger partial charge in [-0.3, -0.25) is 9.36 Å². The van der Waals surface area contributed by atoms with Crippen LogP contribution in [0.4, 0.5) is 8.78 Å². The third kappa shape index (κ3) is 2.63. The first-order chi connectivity index (χ1) is 15.4. The highest BCUT2D eigenvalue weighted by atomic mass is 35.5. The van der Waals surface area contributed by atoms with Crippen LogP contribution in [0.5, 0.6) is 5.75 Å². The zero-order valence-electron chi connectivity index (χ0n) is 16.2. The molecule has 0 fully saturated rings. The normalized spacial score (nSPS) is 15.5. The van der Waals surface area contributed by atoms with Crippen molar-refractivity contribution in [2.75, 3.05) is 0 Å². The number of rotatable bonds is 2. The van der Waals surface area contributed by atoms with Crippen LogP contribution in [0.3, 0.4) is 0 Å². The molecule has 3 heterocycles. The number of aromatic nitrogens is 3. The first-order valence-corrected chi connectivity index (χ1v) is 10.1. The molecule has 6 rings (SSSR count). The third-order valence-electron chi connectivity index (χ3n) is 5.74. The molecule has 0 spiro atoms. The van der Waals surface area contributed by atoms with Crippen LogP contribution in [0.25, 0.3) is 27.9 Å². The number of benzene rings is 3. The first-order valence-electron chi connectivity index (χ1n) is 9.69. The summed E-state index contributed by atoms with van der Waals surface area (Å²) >= 11 is 6.32. The number of hydrogen-bond acceptors (Lipinski definition) is 3. The molecule has 1 amide bonds. The molecule has 9 heteroatoms. The van der Waals surface area contributed by atoms with Gasteiger partial charge in [-0.15, -0.1) is 0 Å². The van der Waals surface area contributed by atoms with Crippen LogP contribution in [-0.4, -0.2) is 25.5 Å². The summed E-state index contributed by atoms with van der Waals surface area (Å²) in [6.07, 6.45) is 1.44. The molecule has 158 valence electrons. The highest BCUT2D eigenvalue weighted by Crippen LogP contribution is 2.39. The highest BCUT2D eigenvalue weighted by Gasteiger charge is 2.34. The van der Waals surface area contributed by atoms with Crippen LogP contribution >= 0.6 is 11.6 Å². The minimum absolute atomic E-state index is 0.0913. The molecule has 6 nitrogen and oxygen atoms in total. The molecule has 1 aliphatic rings. The Kier molecular flexibility index (Phi) is 3.85. The van der Waals surface area contributed by atoms with Gasteiger partial charge in [-0.25, -0.2) is 13.8 Å². The second kappa shape index (κ2) is 6.54. The second-order valence-electron chi connectivity index (χ2n) is 7.60. The van der Waals surface area contributed by atoms with E-state index in [1.807, 2.05) is 0 Å². The lowest BCUT2D eigenvalue weighted by Gasteiger charge is -2.14. The number of carbonyl (C=O) groups is 1. The van der Waals surface area contributed by atoms with Gasteiger partial charge in [0.05, 0.1) is 28.8 Å². The van der Waals surface area contributed by atoms with E-state index in [2.05, 4.69) is 15.3 Å². The molecular formula is C23H13ClF2N4O2. The third-order valence-corrected chi connectivity index (χ3v) is 6.08. The number of fused-ring (bicyclic) bond motifs is 4. The number of nitrogens with one attached hydrogen (secondary N) is 2. The van der Waals surface area contributed by atoms with Crippen LogP contribution in [-0.2, 0) is 0 Å². The molecule has 1 aliphatic heterocycles. The summed E-state index contributed by atoms with van der Waals surface area (Å²) in [4.78, 5) is 20.4. The highest BCUT2D eigenvalue weighted by molar-refractivity contribution is 6.31. The predicted molar refractivity (Wildman–Crippen MR) is 115 cm³/mol. The number of aromatic hydroxyl groups is 1. The summed E-state index contributed by atoms with van der Waals surface area (Å²) < 4.78 is 29.2. The van der Waals surface area contributed by atoms with Crippen molar-refractivity contribution >= 4 is 39.4 Å². The number of carbonyl (C=O) groups excluding carboxylic acids is 1. The predicted octanol–water partition coefficient (Wildman–Crippen LogP) is 4.98. The molecule has 1 unspecified atom stereocenters. The van der Waals surface area contributed by atoms with E-state index in [0.717, 1.165) is 0 Å². The molecule has 32 heavy (non-hydrogen) atoms. The molecule has 0 bridgehead atoms. The summed E-state index contributed by atoms with van der Waals surface area (Å²) in [5.74, 6) is -0.957. The standard InChI is InChI=1S/C23H13ClF2N4O2/c24-15-4-1-10(25)7-13(15)20-19-12(22(32)28-20)3-5-16-21(19)29-23(27-16)30-9-18(31)14-8-11(26)2-6-17(14)30/h1-9,20,31H,(H,27,29)(H,28,32). The summed E-state index contributed by atoms with van der Waals surface area (Å²) in [7, 11) is 0.